The molecule has 0 spiro atoms. The highest BCUT2D eigenvalue weighted by molar-refractivity contribution is 5.35. The van der Waals surface area contributed by atoms with Gasteiger partial charge in [0.15, 0.2) is 0 Å². The second kappa shape index (κ2) is 7.96. The first-order valence-electron chi connectivity index (χ1n) is 10.8. The monoisotopic (exact) mass is 380 g/mol. The van der Waals surface area contributed by atoms with Crippen LogP contribution in [0.1, 0.15) is 61.6 Å². The first-order chi connectivity index (χ1) is 13.4. The summed E-state index contributed by atoms with van der Waals surface area (Å²) >= 11 is 0. The zero-order valence-corrected chi connectivity index (χ0v) is 17.7. The molecule has 2 aromatic carbocycles. The summed E-state index contributed by atoms with van der Waals surface area (Å²) in [5, 5.41) is 0. The summed E-state index contributed by atoms with van der Waals surface area (Å²) in [4.78, 5) is 5.15. The van der Waals surface area contributed by atoms with Gasteiger partial charge < -0.3 is 0 Å². The van der Waals surface area contributed by atoms with Crippen molar-refractivity contribution in [3.05, 3.63) is 70.0 Å². The Balaban J connectivity index is 1.48. The fraction of sp³-hybridized carbons (Fsp3) is 0.520. The lowest BCUT2D eigenvalue weighted by molar-refractivity contribution is 0.143. The van der Waals surface area contributed by atoms with Crippen molar-refractivity contribution in [3.63, 3.8) is 0 Å². The summed E-state index contributed by atoms with van der Waals surface area (Å²) in [5.74, 6) is -0.114. The molecule has 4 rings (SSSR count). The molecular formula is C25H33FN2. The summed E-state index contributed by atoms with van der Waals surface area (Å²) < 4.78 is 13.6. The molecule has 28 heavy (non-hydrogen) atoms. The minimum Gasteiger partial charge on any atom is -0.296 e. The van der Waals surface area contributed by atoms with Crippen LogP contribution in [0.4, 0.5) is 4.39 Å². The van der Waals surface area contributed by atoms with Crippen molar-refractivity contribution in [3.8, 4) is 0 Å². The van der Waals surface area contributed by atoms with E-state index in [-0.39, 0.29) is 5.82 Å². The fourth-order valence-corrected chi connectivity index (χ4v) is 5.08. The molecule has 2 heterocycles. The van der Waals surface area contributed by atoms with Crippen molar-refractivity contribution >= 4 is 0 Å². The number of hydrogen-bond donors (Lipinski definition) is 0. The molecule has 0 radical (unpaired) electrons. The van der Waals surface area contributed by atoms with Gasteiger partial charge in [0.05, 0.1) is 0 Å². The van der Waals surface area contributed by atoms with Crippen LogP contribution in [0.15, 0.2) is 36.4 Å². The SMILES string of the molecule is CC(C)N1CCc2ccc(CC(C)N3CCc4cc(F)ccc4C3C)cc2C1. The third kappa shape index (κ3) is 3.88. The van der Waals surface area contributed by atoms with Crippen molar-refractivity contribution in [2.75, 3.05) is 13.1 Å². The van der Waals surface area contributed by atoms with Gasteiger partial charge in [-0.1, -0.05) is 24.3 Å². The Morgan fingerprint density at radius 3 is 2.54 bits per heavy atom. The highest BCUT2D eigenvalue weighted by Gasteiger charge is 2.28. The second-order valence-corrected chi connectivity index (χ2v) is 8.98. The number of hydrogen-bond acceptors (Lipinski definition) is 2. The Bertz CT molecular complexity index is 844. The standard InChI is InChI=1S/C25H33FN2/c1-17(2)27-11-9-21-6-5-20(14-23(21)16-27)13-18(3)28-12-10-22-15-24(26)7-8-25(22)19(28)4/h5-8,14-15,17-19H,9-13,16H2,1-4H3. The van der Waals surface area contributed by atoms with Crippen molar-refractivity contribution in [1.29, 1.82) is 0 Å². The van der Waals surface area contributed by atoms with Gasteiger partial charge in [-0.05, 0) is 86.9 Å². The van der Waals surface area contributed by atoms with E-state index in [2.05, 4.69) is 55.7 Å². The molecule has 2 aliphatic heterocycles. The molecule has 0 aliphatic carbocycles. The van der Waals surface area contributed by atoms with Crippen LogP contribution in [0.25, 0.3) is 0 Å². The molecule has 2 unspecified atom stereocenters. The molecule has 0 aromatic heterocycles. The van der Waals surface area contributed by atoms with E-state index in [4.69, 9.17) is 0 Å². The maximum atomic E-state index is 13.6. The maximum absolute atomic E-state index is 13.6. The summed E-state index contributed by atoms with van der Waals surface area (Å²) in [6.45, 7) is 12.4. The number of halogens is 1. The van der Waals surface area contributed by atoms with Crippen LogP contribution in [0.5, 0.6) is 0 Å². The van der Waals surface area contributed by atoms with Gasteiger partial charge >= 0.3 is 0 Å². The van der Waals surface area contributed by atoms with E-state index in [1.807, 2.05) is 6.07 Å². The van der Waals surface area contributed by atoms with Gasteiger partial charge in [0, 0.05) is 37.8 Å². The molecule has 2 nitrogen and oxygen atoms in total. The van der Waals surface area contributed by atoms with E-state index >= 15 is 0 Å². The van der Waals surface area contributed by atoms with Gasteiger partial charge in [-0.3, -0.25) is 9.80 Å². The highest BCUT2D eigenvalue weighted by atomic mass is 19.1. The van der Waals surface area contributed by atoms with E-state index in [0.29, 0.717) is 18.1 Å². The van der Waals surface area contributed by atoms with Crippen LogP contribution in [-0.4, -0.2) is 35.0 Å². The largest absolute Gasteiger partial charge is 0.296 e. The van der Waals surface area contributed by atoms with Crippen molar-refractivity contribution in [2.45, 2.75) is 71.6 Å². The molecule has 2 aliphatic rings. The third-order valence-electron chi connectivity index (χ3n) is 6.83. The van der Waals surface area contributed by atoms with Crippen LogP contribution < -0.4 is 0 Å². The average molecular weight is 381 g/mol. The molecular weight excluding hydrogens is 347 g/mol. The third-order valence-corrected chi connectivity index (χ3v) is 6.83. The smallest absolute Gasteiger partial charge is 0.123 e. The van der Waals surface area contributed by atoms with Crippen molar-refractivity contribution < 1.29 is 4.39 Å². The molecule has 2 atom stereocenters. The average Bonchev–Trinajstić information content (AvgIpc) is 2.67. The molecule has 0 fully saturated rings. The van der Waals surface area contributed by atoms with E-state index in [0.717, 1.165) is 25.9 Å². The summed E-state index contributed by atoms with van der Waals surface area (Å²) in [6.07, 6.45) is 3.17. The quantitative estimate of drug-likeness (QED) is 0.724. The van der Waals surface area contributed by atoms with Crippen LogP contribution in [0.3, 0.4) is 0 Å². The molecule has 3 heteroatoms. The molecule has 0 saturated carbocycles. The minimum atomic E-state index is -0.114. The van der Waals surface area contributed by atoms with Gasteiger partial charge in [-0.15, -0.1) is 0 Å². The van der Waals surface area contributed by atoms with Gasteiger partial charge in [0.1, 0.15) is 5.82 Å². The van der Waals surface area contributed by atoms with E-state index in [1.54, 1.807) is 12.1 Å². The molecule has 0 saturated heterocycles. The van der Waals surface area contributed by atoms with Gasteiger partial charge in [-0.25, -0.2) is 4.39 Å². The highest BCUT2D eigenvalue weighted by Crippen LogP contribution is 2.32. The van der Waals surface area contributed by atoms with E-state index < -0.39 is 0 Å². The molecule has 0 bridgehead atoms. The Morgan fingerprint density at radius 2 is 1.75 bits per heavy atom. The first kappa shape index (κ1) is 19.6. The molecule has 0 amide bonds. The Hall–Kier alpha value is -1.71. The molecule has 2 aromatic rings. The van der Waals surface area contributed by atoms with Gasteiger partial charge in [-0.2, -0.15) is 0 Å². The summed E-state index contributed by atoms with van der Waals surface area (Å²) in [5.41, 5.74) is 6.94. The van der Waals surface area contributed by atoms with Crippen LogP contribution in [0.2, 0.25) is 0 Å². The van der Waals surface area contributed by atoms with Crippen molar-refractivity contribution in [1.82, 2.24) is 9.80 Å². The van der Waals surface area contributed by atoms with Gasteiger partial charge in [0.25, 0.3) is 0 Å². The van der Waals surface area contributed by atoms with Gasteiger partial charge in [0.2, 0.25) is 0 Å². The zero-order chi connectivity index (χ0) is 19.8. The van der Waals surface area contributed by atoms with Crippen LogP contribution >= 0.6 is 0 Å². The Labute approximate surface area is 169 Å². The minimum absolute atomic E-state index is 0.114. The predicted octanol–water partition coefficient (Wildman–Crippen LogP) is 5.14. The molecule has 0 N–H and O–H groups in total. The van der Waals surface area contributed by atoms with Crippen LogP contribution in [0, 0.1) is 5.82 Å². The van der Waals surface area contributed by atoms with E-state index in [9.17, 15) is 4.39 Å². The van der Waals surface area contributed by atoms with Crippen LogP contribution in [-0.2, 0) is 25.8 Å². The number of nitrogens with zero attached hydrogens (tertiary/aromatic N) is 2. The number of rotatable bonds is 4. The summed E-state index contributed by atoms with van der Waals surface area (Å²) in [6, 6.07) is 13.8. The molecule has 150 valence electrons. The summed E-state index contributed by atoms with van der Waals surface area (Å²) in [7, 11) is 0. The lowest BCUT2D eigenvalue weighted by Gasteiger charge is -2.39. The van der Waals surface area contributed by atoms with E-state index in [1.165, 1.54) is 40.8 Å². The first-order valence-corrected chi connectivity index (χ1v) is 10.8. The number of benzene rings is 2. The predicted molar refractivity (Wildman–Crippen MR) is 114 cm³/mol. The lowest BCUT2D eigenvalue weighted by Crippen LogP contribution is -2.41. The normalized spacial score (nSPS) is 21.4. The van der Waals surface area contributed by atoms with Crippen molar-refractivity contribution in [2.24, 2.45) is 0 Å². The lowest BCUT2D eigenvalue weighted by atomic mass is 9.90. The fourth-order valence-electron chi connectivity index (χ4n) is 5.08. The Kier molecular flexibility index (Phi) is 5.57. The second-order valence-electron chi connectivity index (χ2n) is 8.98. The Morgan fingerprint density at radius 1 is 0.964 bits per heavy atom. The zero-order valence-electron chi connectivity index (χ0n) is 17.7. The topological polar surface area (TPSA) is 6.48 Å². The number of fused-ring (bicyclic) bond motifs is 2. The maximum Gasteiger partial charge on any atom is 0.123 e.